The second-order valence-electron chi connectivity index (χ2n) is 2.60. The summed E-state index contributed by atoms with van der Waals surface area (Å²) >= 11 is 13.1. The summed E-state index contributed by atoms with van der Waals surface area (Å²) in [5.74, 6) is 0.432. The number of carbonyl (C=O) groups excluding carboxylic acids is 1. The van der Waals surface area contributed by atoms with Gasteiger partial charge < -0.3 is 5.32 Å². The molecule has 1 aromatic carbocycles. The highest BCUT2D eigenvalue weighted by Gasteiger charge is 2.16. The molecule has 13 heavy (non-hydrogen) atoms. The van der Waals surface area contributed by atoms with E-state index in [4.69, 9.17) is 23.2 Å². The van der Waals surface area contributed by atoms with Crippen LogP contribution in [0.15, 0.2) is 17.0 Å². The lowest BCUT2D eigenvalue weighted by molar-refractivity contribution is -0.113. The van der Waals surface area contributed by atoms with Crippen LogP contribution in [0.4, 0.5) is 5.69 Å². The molecule has 2 nitrogen and oxygen atoms in total. The third-order valence-electron chi connectivity index (χ3n) is 1.66. The van der Waals surface area contributed by atoms with Gasteiger partial charge >= 0.3 is 0 Å². The number of carbonyl (C=O) groups is 1. The van der Waals surface area contributed by atoms with Crippen LogP contribution in [-0.4, -0.2) is 11.7 Å². The van der Waals surface area contributed by atoms with Gasteiger partial charge in [-0.2, -0.15) is 0 Å². The minimum absolute atomic E-state index is 0.00381. The van der Waals surface area contributed by atoms with Crippen molar-refractivity contribution < 1.29 is 4.79 Å². The van der Waals surface area contributed by atoms with Gasteiger partial charge in [-0.3, -0.25) is 4.79 Å². The SMILES string of the molecule is O=C1CSc2cc(Cl)c(Cl)cc2N1. The maximum Gasteiger partial charge on any atom is 0.234 e. The second kappa shape index (κ2) is 3.40. The van der Waals surface area contributed by atoms with Crippen molar-refractivity contribution in [3.05, 3.63) is 22.2 Å². The van der Waals surface area contributed by atoms with E-state index in [2.05, 4.69) is 5.32 Å². The highest BCUT2D eigenvalue weighted by Crippen LogP contribution is 2.37. The van der Waals surface area contributed by atoms with Crippen molar-refractivity contribution >= 4 is 46.6 Å². The molecule has 0 saturated carbocycles. The van der Waals surface area contributed by atoms with Gasteiger partial charge in [-0.25, -0.2) is 0 Å². The lowest BCUT2D eigenvalue weighted by Crippen LogP contribution is -2.18. The van der Waals surface area contributed by atoms with Crippen LogP contribution in [-0.2, 0) is 4.79 Å². The first-order chi connectivity index (χ1) is 6.16. The monoisotopic (exact) mass is 233 g/mol. The second-order valence-corrected chi connectivity index (χ2v) is 4.43. The first-order valence-electron chi connectivity index (χ1n) is 3.58. The molecule has 0 saturated heterocycles. The standard InChI is InChI=1S/C8H5Cl2NOS/c9-4-1-6-7(2-5(4)10)13-3-8(12)11-6/h1-2H,3H2,(H,11,12). The average molecular weight is 234 g/mol. The van der Waals surface area contributed by atoms with E-state index in [1.807, 2.05) is 0 Å². The first-order valence-corrected chi connectivity index (χ1v) is 5.32. The Labute approximate surface area is 89.6 Å². The van der Waals surface area contributed by atoms with Crippen molar-refractivity contribution in [2.45, 2.75) is 4.90 Å². The molecule has 68 valence electrons. The fraction of sp³-hybridized carbons (Fsp3) is 0.125. The third kappa shape index (κ3) is 1.77. The molecule has 1 aromatic rings. The van der Waals surface area contributed by atoms with Gasteiger partial charge in [-0.1, -0.05) is 23.2 Å². The van der Waals surface area contributed by atoms with E-state index in [-0.39, 0.29) is 5.91 Å². The molecule has 1 aliphatic heterocycles. The Hall–Kier alpha value is -0.380. The number of halogens is 2. The topological polar surface area (TPSA) is 29.1 Å². The minimum Gasteiger partial charge on any atom is -0.324 e. The summed E-state index contributed by atoms with van der Waals surface area (Å²) in [6.45, 7) is 0. The fourth-order valence-electron chi connectivity index (χ4n) is 1.08. The Morgan fingerprint density at radius 2 is 2.00 bits per heavy atom. The van der Waals surface area contributed by atoms with Crippen LogP contribution in [0.2, 0.25) is 10.0 Å². The molecule has 0 bridgehead atoms. The normalized spacial score (nSPS) is 15.1. The molecule has 1 aliphatic rings. The lowest BCUT2D eigenvalue weighted by Gasteiger charge is -2.16. The summed E-state index contributed by atoms with van der Waals surface area (Å²) in [7, 11) is 0. The number of anilines is 1. The van der Waals surface area contributed by atoms with Gasteiger partial charge in [0.2, 0.25) is 5.91 Å². The number of fused-ring (bicyclic) bond motifs is 1. The number of thioether (sulfide) groups is 1. The van der Waals surface area contributed by atoms with Crippen molar-refractivity contribution in [2.75, 3.05) is 11.1 Å². The summed E-state index contributed by atoms with van der Waals surface area (Å²) in [4.78, 5) is 12.0. The van der Waals surface area contributed by atoms with Gasteiger partial charge in [0, 0.05) is 4.90 Å². The molecule has 2 rings (SSSR count). The van der Waals surface area contributed by atoms with Crippen LogP contribution in [0, 0.1) is 0 Å². The average Bonchev–Trinajstić information content (AvgIpc) is 2.08. The number of rotatable bonds is 0. The fourth-order valence-corrected chi connectivity index (χ4v) is 2.29. The Bertz CT molecular complexity index is 381. The molecular weight excluding hydrogens is 229 g/mol. The molecule has 1 N–H and O–H groups in total. The summed E-state index contributed by atoms with van der Waals surface area (Å²) in [5, 5.41) is 3.70. The first kappa shape index (κ1) is 9.19. The van der Waals surface area contributed by atoms with E-state index in [1.54, 1.807) is 12.1 Å². The van der Waals surface area contributed by atoms with Crippen LogP contribution < -0.4 is 5.32 Å². The lowest BCUT2D eigenvalue weighted by atomic mass is 10.3. The Kier molecular flexibility index (Phi) is 2.41. The van der Waals surface area contributed by atoms with E-state index in [0.717, 1.165) is 10.6 Å². The molecule has 0 atom stereocenters. The van der Waals surface area contributed by atoms with Crippen LogP contribution in [0.25, 0.3) is 0 Å². The molecule has 1 heterocycles. The molecule has 0 aromatic heterocycles. The quantitative estimate of drug-likeness (QED) is 0.747. The molecule has 0 unspecified atom stereocenters. The summed E-state index contributed by atoms with van der Waals surface area (Å²) < 4.78 is 0. The summed E-state index contributed by atoms with van der Waals surface area (Å²) in [6.07, 6.45) is 0. The van der Waals surface area contributed by atoms with Crippen LogP contribution >= 0.6 is 35.0 Å². The molecular formula is C8H5Cl2NOS. The third-order valence-corrected chi connectivity index (χ3v) is 3.43. The van der Waals surface area contributed by atoms with Gasteiger partial charge in [0.1, 0.15) is 0 Å². The Morgan fingerprint density at radius 1 is 1.31 bits per heavy atom. The van der Waals surface area contributed by atoms with Crippen molar-refractivity contribution in [1.29, 1.82) is 0 Å². The molecule has 0 aliphatic carbocycles. The van der Waals surface area contributed by atoms with Gasteiger partial charge in [0.05, 0.1) is 21.5 Å². The highest BCUT2D eigenvalue weighted by molar-refractivity contribution is 8.00. The van der Waals surface area contributed by atoms with E-state index in [1.165, 1.54) is 11.8 Å². The number of nitrogens with one attached hydrogen (secondary N) is 1. The van der Waals surface area contributed by atoms with Gasteiger partial charge in [-0.15, -0.1) is 11.8 Å². The number of benzene rings is 1. The zero-order valence-corrected chi connectivity index (χ0v) is 8.76. The van der Waals surface area contributed by atoms with Gasteiger partial charge in [-0.05, 0) is 12.1 Å². The largest absolute Gasteiger partial charge is 0.324 e. The zero-order valence-electron chi connectivity index (χ0n) is 6.43. The van der Waals surface area contributed by atoms with Gasteiger partial charge in [0.15, 0.2) is 0 Å². The van der Waals surface area contributed by atoms with Crippen LogP contribution in [0.1, 0.15) is 0 Å². The van der Waals surface area contributed by atoms with Crippen molar-refractivity contribution in [3.8, 4) is 0 Å². The predicted molar refractivity (Wildman–Crippen MR) is 55.8 cm³/mol. The summed E-state index contributed by atoms with van der Waals surface area (Å²) in [5.41, 5.74) is 0.746. The van der Waals surface area contributed by atoms with Crippen LogP contribution in [0.3, 0.4) is 0 Å². The van der Waals surface area contributed by atoms with Crippen molar-refractivity contribution in [1.82, 2.24) is 0 Å². The highest BCUT2D eigenvalue weighted by atomic mass is 35.5. The summed E-state index contributed by atoms with van der Waals surface area (Å²) in [6, 6.07) is 3.44. The zero-order chi connectivity index (χ0) is 9.42. The molecule has 0 radical (unpaired) electrons. The van der Waals surface area contributed by atoms with E-state index in [0.29, 0.717) is 15.8 Å². The maximum absolute atomic E-state index is 11.0. The van der Waals surface area contributed by atoms with Crippen LogP contribution in [0.5, 0.6) is 0 Å². The predicted octanol–water partition coefficient (Wildman–Crippen LogP) is 3.04. The Morgan fingerprint density at radius 3 is 2.77 bits per heavy atom. The van der Waals surface area contributed by atoms with E-state index < -0.39 is 0 Å². The Balaban J connectivity index is 2.49. The molecule has 0 spiro atoms. The number of hydrogen-bond acceptors (Lipinski definition) is 2. The minimum atomic E-state index is -0.00381. The van der Waals surface area contributed by atoms with E-state index >= 15 is 0 Å². The van der Waals surface area contributed by atoms with E-state index in [9.17, 15) is 4.79 Å². The number of amides is 1. The van der Waals surface area contributed by atoms with Crippen molar-refractivity contribution in [2.24, 2.45) is 0 Å². The molecule has 0 fully saturated rings. The molecule has 5 heteroatoms. The smallest absolute Gasteiger partial charge is 0.234 e. The van der Waals surface area contributed by atoms with Crippen molar-refractivity contribution in [3.63, 3.8) is 0 Å². The number of hydrogen-bond donors (Lipinski definition) is 1. The molecule has 1 amide bonds. The van der Waals surface area contributed by atoms with Gasteiger partial charge in [0.25, 0.3) is 0 Å². The maximum atomic E-state index is 11.0.